The molecule has 3 heteroatoms. The lowest BCUT2D eigenvalue weighted by molar-refractivity contribution is 0.349. The minimum Gasteiger partial charge on any atom is -0.493 e. The summed E-state index contributed by atoms with van der Waals surface area (Å²) < 4.78 is 7.01. The Morgan fingerprint density at radius 1 is 1.30 bits per heavy atom. The number of ether oxygens (including phenoxy) is 1. The van der Waals surface area contributed by atoms with Gasteiger partial charge >= 0.3 is 0 Å². The summed E-state index contributed by atoms with van der Waals surface area (Å²) in [6.45, 7) is 9.81. The van der Waals surface area contributed by atoms with Crippen molar-refractivity contribution in [1.82, 2.24) is 5.32 Å². The molecular weight excluding hydrogens is 314 g/mol. The molecule has 1 atom stereocenters. The molecule has 1 aliphatic rings. The Balaban J connectivity index is 2.00. The molecule has 112 valence electrons. The number of rotatable bonds is 7. The monoisotopic (exact) mass is 339 g/mol. The zero-order chi connectivity index (χ0) is 14.5. The van der Waals surface area contributed by atoms with Gasteiger partial charge in [-0.2, -0.15) is 0 Å². The van der Waals surface area contributed by atoms with Crippen LogP contribution in [-0.4, -0.2) is 19.7 Å². The molecule has 0 aliphatic carbocycles. The fourth-order valence-corrected chi connectivity index (χ4v) is 3.30. The van der Waals surface area contributed by atoms with Crippen molar-refractivity contribution in [2.45, 2.75) is 40.0 Å². The van der Waals surface area contributed by atoms with Gasteiger partial charge in [0.1, 0.15) is 5.75 Å². The summed E-state index contributed by atoms with van der Waals surface area (Å²) in [7, 11) is 0. The van der Waals surface area contributed by atoms with Crippen molar-refractivity contribution in [3.8, 4) is 5.75 Å². The molecule has 1 heterocycles. The maximum absolute atomic E-state index is 5.83. The van der Waals surface area contributed by atoms with Gasteiger partial charge in [-0.05, 0) is 54.6 Å². The zero-order valence-electron chi connectivity index (χ0n) is 12.8. The second kappa shape index (κ2) is 7.46. The Morgan fingerprint density at radius 3 is 2.80 bits per heavy atom. The third kappa shape index (κ3) is 4.23. The molecule has 1 N–H and O–H groups in total. The van der Waals surface area contributed by atoms with Crippen LogP contribution in [0.4, 0.5) is 0 Å². The number of benzene rings is 1. The van der Waals surface area contributed by atoms with Gasteiger partial charge in [-0.1, -0.05) is 43.1 Å². The van der Waals surface area contributed by atoms with E-state index >= 15 is 0 Å². The molecule has 0 saturated heterocycles. The standard InChI is InChI=1S/C17H26BrNO/c1-4-13(11-19-10-12(2)3)7-15-9-16(18)8-14-5-6-20-17(14)15/h8-9,12-13,19H,4-7,10-11H2,1-3H3. The highest BCUT2D eigenvalue weighted by Crippen LogP contribution is 2.34. The first-order valence-corrected chi connectivity index (χ1v) is 8.54. The predicted octanol–water partition coefficient (Wildman–Crippen LogP) is 4.20. The Morgan fingerprint density at radius 2 is 2.10 bits per heavy atom. The lowest BCUT2D eigenvalue weighted by Crippen LogP contribution is -2.27. The van der Waals surface area contributed by atoms with Gasteiger partial charge in [0, 0.05) is 10.9 Å². The summed E-state index contributed by atoms with van der Waals surface area (Å²) in [5, 5.41) is 3.59. The largest absolute Gasteiger partial charge is 0.493 e. The lowest BCUT2D eigenvalue weighted by atomic mass is 9.94. The second-order valence-corrected chi connectivity index (χ2v) is 7.10. The smallest absolute Gasteiger partial charge is 0.125 e. The minimum absolute atomic E-state index is 0.677. The van der Waals surface area contributed by atoms with Crippen molar-refractivity contribution in [3.05, 3.63) is 27.7 Å². The van der Waals surface area contributed by atoms with Crippen molar-refractivity contribution >= 4 is 15.9 Å². The van der Waals surface area contributed by atoms with Gasteiger partial charge in [-0.15, -0.1) is 0 Å². The zero-order valence-corrected chi connectivity index (χ0v) is 14.4. The van der Waals surface area contributed by atoms with Crippen molar-refractivity contribution < 1.29 is 4.74 Å². The first-order chi connectivity index (χ1) is 9.60. The van der Waals surface area contributed by atoms with E-state index in [2.05, 4.69) is 54.2 Å². The predicted molar refractivity (Wildman–Crippen MR) is 88.5 cm³/mol. The maximum atomic E-state index is 5.83. The van der Waals surface area contributed by atoms with Gasteiger partial charge in [-0.25, -0.2) is 0 Å². The average molecular weight is 340 g/mol. The quantitative estimate of drug-likeness (QED) is 0.803. The van der Waals surface area contributed by atoms with Crippen LogP contribution >= 0.6 is 15.9 Å². The Hall–Kier alpha value is -0.540. The summed E-state index contributed by atoms with van der Waals surface area (Å²) in [5.74, 6) is 2.54. The Kier molecular flexibility index (Phi) is 5.91. The van der Waals surface area contributed by atoms with Crippen LogP contribution in [0.2, 0.25) is 0 Å². The van der Waals surface area contributed by atoms with E-state index in [1.54, 1.807) is 0 Å². The van der Waals surface area contributed by atoms with E-state index in [-0.39, 0.29) is 0 Å². The molecule has 1 aromatic carbocycles. The molecule has 20 heavy (non-hydrogen) atoms. The molecule has 2 rings (SSSR count). The highest BCUT2D eigenvalue weighted by Gasteiger charge is 2.19. The first-order valence-electron chi connectivity index (χ1n) is 7.75. The molecular formula is C17H26BrNO. The van der Waals surface area contributed by atoms with Crippen LogP contribution in [0.3, 0.4) is 0 Å². The average Bonchev–Trinajstić information content (AvgIpc) is 2.85. The molecule has 0 saturated carbocycles. The lowest BCUT2D eigenvalue weighted by Gasteiger charge is -2.18. The van der Waals surface area contributed by atoms with Crippen molar-refractivity contribution in [2.75, 3.05) is 19.7 Å². The fourth-order valence-electron chi connectivity index (χ4n) is 2.75. The molecule has 0 fully saturated rings. The molecule has 0 bridgehead atoms. The van der Waals surface area contributed by atoms with Crippen LogP contribution in [0.25, 0.3) is 0 Å². The fraction of sp³-hybridized carbons (Fsp3) is 0.647. The van der Waals surface area contributed by atoms with Crippen molar-refractivity contribution in [1.29, 1.82) is 0 Å². The molecule has 0 amide bonds. The highest BCUT2D eigenvalue weighted by molar-refractivity contribution is 9.10. The SMILES string of the molecule is CCC(CNCC(C)C)Cc1cc(Br)cc2c1OCC2. The van der Waals surface area contributed by atoms with Gasteiger partial charge in [0.2, 0.25) is 0 Å². The summed E-state index contributed by atoms with van der Waals surface area (Å²) in [4.78, 5) is 0. The van der Waals surface area contributed by atoms with E-state index in [1.807, 2.05) is 0 Å². The molecule has 0 aromatic heterocycles. The minimum atomic E-state index is 0.677. The third-order valence-corrected chi connectivity index (χ3v) is 4.35. The number of hydrogen-bond donors (Lipinski definition) is 1. The van der Waals surface area contributed by atoms with Gasteiger partial charge in [-0.3, -0.25) is 0 Å². The van der Waals surface area contributed by atoms with Crippen LogP contribution < -0.4 is 10.1 Å². The number of halogens is 1. The molecule has 2 nitrogen and oxygen atoms in total. The molecule has 1 unspecified atom stereocenters. The molecule has 0 spiro atoms. The van der Waals surface area contributed by atoms with E-state index in [0.717, 1.165) is 38.3 Å². The second-order valence-electron chi connectivity index (χ2n) is 6.18. The summed E-state index contributed by atoms with van der Waals surface area (Å²) in [5.41, 5.74) is 2.73. The molecule has 1 aromatic rings. The van der Waals surface area contributed by atoms with E-state index < -0.39 is 0 Å². The van der Waals surface area contributed by atoms with E-state index in [9.17, 15) is 0 Å². The summed E-state index contributed by atoms with van der Waals surface area (Å²) in [6.07, 6.45) is 3.35. The topological polar surface area (TPSA) is 21.3 Å². The number of nitrogens with one attached hydrogen (secondary N) is 1. The summed E-state index contributed by atoms with van der Waals surface area (Å²) in [6, 6.07) is 4.43. The number of hydrogen-bond acceptors (Lipinski definition) is 2. The van der Waals surface area contributed by atoms with Crippen LogP contribution in [0.15, 0.2) is 16.6 Å². The Bertz CT molecular complexity index is 445. The van der Waals surface area contributed by atoms with Gasteiger partial charge in [0.25, 0.3) is 0 Å². The third-order valence-electron chi connectivity index (χ3n) is 3.90. The maximum Gasteiger partial charge on any atom is 0.125 e. The van der Waals surface area contributed by atoms with Crippen LogP contribution in [-0.2, 0) is 12.8 Å². The van der Waals surface area contributed by atoms with E-state index in [0.29, 0.717) is 11.8 Å². The van der Waals surface area contributed by atoms with Crippen LogP contribution in [0.1, 0.15) is 38.3 Å². The summed E-state index contributed by atoms with van der Waals surface area (Å²) >= 11 is 3.63. The van der Waals surface area contributed by atoms with Crippen LogP contribution in [0, 0.1) is 11.8 Å². The molecule has 0 radical (unpaired) electrons. The van der Waals surface area contributed by atoms with Crippen LogP contribution in [0.5, 0.6) is 5.75 Å². The van der Waals surface area contributed by atoms with Crippen molar-refractivity contribution in [3.63, 3.8) is 0 Å². The van der Waals surface area contributed by atoms with Gasteiger partial charge in [0.15, 0.2) is 0 Å². The number of fused-ring (bicyclic) bond motifs is 1. The first kappa shape index (κ1) is 15.8. The normalized spacial score (nSPS) is 15.2. The van der Waals surface area contributed by atoms with Gasteiger partial charge < -0.3 is 10.1 Å². The highest BCUT2D eigenvalue weighted by atomic mass is 79.9. The van der Waals surface area contributed by atoms with E-state index in [4.69, 9.17) is 4.74 Å². The molecule has 1 aliphatic heterocycles. The Labute approximate surface area is 131 Å². The van der Waals surface area contributed by atoms with Gasteiger partial charge in [0.05, 0.1) is 6.61 Å². The van der Waals surface area contributed by atoms with E-state index in [1.165, 1.54) is 22.0 Å². The van der Waals surface area contributed by atoms with Crippen molar-refractivity contribution in [2.24, 2.45) is 11.8 Å².